The maximum atomic E-state index is 11.5. The normalized spacial score (nSPS) is 10.1. The van der Waals surface area contributed by atoms with Crippen LogP contribution in [0.2, 0.25) is 0 Å². The number of ether oxygens (including phenoxy) is 2. The molecule has 1 N–H and O–H groups in total. The number of carbonyl (C=O) groups excluding carboxylic acids is 1. The fraction of sp³-hybridized carbons (Fsp3) is 0.231. The molecule has 0 radical (unpaired) electrons. The van der Waals surface area contributed by atoms with Crippen molar-refractivity contribution in [2.75, 3.05) is 13.7 Å². The van der Waals surface area contributed by atoms with Crippen LogP contribution in [0.4, 0.5) is 0 Å². The molecule has 0 aliphatic carbocycles. The number of para-hydroxylation sites is 1. The average Bonchev–Trinajstić information content (AvgIpc) is 2.88. The zero-order chi connectivity index (χ0) is 13.0. The summed E-state index contributed by atoms with van der Waals surface area (Å²) in [6.07, 6.45) is 1.59. The number of benzene rings is 1. The van der Waals surface area contributed by atoms with E-state index in [-0.39, 0.29) is 5.82 Å². The molecule has 0 amide bonds. The van der Waals surface area contributed by atoms with Crippen LogP contribution in [-0.4, -0.2) is 29.7 Å². The second-order valence-corrected chi connectivity index (χ2v) is 3.57. The number of hydrogen-bond acceptors (Lipinski definition) is 4. The van der Waals surface area contributed by atoms with Crippen molar-refractivity contribution in [3.63, 3.8) is 0 Å². The molecule has 2 rings (SSSR count). The van der Waals surface area contributed by atoms with Gasteiger partial charge in [0.2, 0.25) is 5.82 Å². The number of aromatic nitrogens is 2. The summed E-state index contributed by atoms with van der Waals surface area (Å²) in [5.74, 6) is 0.452. The predicted octanol–water partition coefficient (Wildman–Crippen LogP) is 2.26. The van der Waals surface area contributed by atoms with Crippen molar-refractivity contribution in [3.8, 4) is 17.0 Å². The van der Waals surface area contributed by atoms with E-state index >= 15 is 0 Å². The lowest BCUT2D eigenvalue weighted by Gasteiger charge is -2.05. The Bertz CT molecular complexity index is 549. The molecular formula is C13H14N2O3. The third-order valence-corrected chi connectivity index (χ3v) is 2.44. The first kappa shape index (κ1) is 12.2. The molecule has 0 aliphatic heterocycles. The van der Waals surface area contributed by atoms with Gasteiger partial charge in [0.25, 0.3) is 0 Å². The Labute approximate surface area is 105 Å². The fourth-order valence-electron chi connectivity index (χ4n) is 1.63. The summed E-state index contributed by atoms with van der Waals surface area (Å²) in [7, 11) is 1.60. The number of imidazole rings is 1. The van der Waals surface area contributed by atoms with Gasteiger partial charge < -0.3 is 14.5 Å². The van der Waals surface area contributed by atoms with E-state index in [4.69, 9.17) is 9.47 Å². The van der Waals surface area contributed by atoms with Gasteiger partial charge in [-0.05, 0) is 19.1 Å². The first-order valence-electron chi connectivity index (χ1n) is 5.61. The van der Waals surface area contributed by atoms with Crippen molar-refractivity contribution in [1.29, 1.82) is 0 Å². The van der Waals surface area contributed by atoms with Gasteiger partial charge in [0, 0.05) is 5.56 Å². The van der Waals surface area contributed by atoms with E-state index in [0.717, 1.165) is 17.0 Å². The third kappa shape index (κ3) is 2.34. The molecule has 0 atom stereocenters. The molecule has 94 valence electrons. The minimum atomic E-state index is -0.460. The second kappa shape index (κ2) is 5.35. The lowest BCUT2D eigenvalue weighted by molar-refractivity contribution is 0.0513. The number of nitrogens with one attached hydrogen (secondary N) is 1. The van der Waals surface area contributed by atoms with E-state index in [2.05, 4.69) is 9.97 Å². The molecule has 0 saturated heterocycles. The quantitative estimate of drug-likeness (QED) is 0.840. The van der Waals surface area contributed by atoms with E-state index in [9.17, 15) is 4.79 Å². The van der Waals surface area contributed by atoms with Crippen LogP contribution in [0.5, 0.6) is 5.75 Å². The number of esters is 1. The topological polar surface area (TPSA) is 64.2 Å². The van der Waals surface area contributed by atoms with Crippen LogP contribution < -0.4 is 4.74 Å². The van der Waals surface area contributed by atoms with Gasteiger partial charge in [-0.3, -0.25) is 0 Å². The van der Waals surface area contributed by atoms with Crippen molar-refractivity contribution in [3.05, 3.63) is 36.3 Å². The molecule has 1 aromatic heterocycles. The molecule has 0 aliphatic rings. The molecule has 0 spiro atoms. The predicted molar refractivity (Wildman–Crippen MR) is 66.5 cm³/mol. The number of nitrogens with zero attached hydrogens (tertiary/aromatic N) is 1. The Kier molecular flexibility index (Phi) is 3.62. The number of H-pyrrole nitrogens is 1. The van der Waals surface area contributed by atoms with E-state index < -0.39 is 5.97 Å². The van der Waals surface area contributed by atoms with E-state index in [1.807, 2.05) is 24.3 Å². The highest BCUT2D eigenvalue weighted by Gasteiger charge is 2.13. The highest BCUT2D eigenvalue weighted by atomic mass is 16.5. The zero-order valence-corrected chi connectivity index (χ0v) is 10.3. The van der Waals surface area contributed by atoms with Crippen molar-refractivity contribution in [2.45, 2.75) is 6.92 Å². The van der Waals surface area contributed by atoms with Gasteiger partial charge in [0.1, 0.15) is 5.75 Å². The zero-order valence-electron chi connectivity index (χ0n) is 10.3. The molecule has 1 heterocycles. The average molecular weight is 246 g/mol. The monoisotopic (exact) mass is 246 g/mol. The molecule has 5 heteroatoms. The number of hydrogen-bond donors (Lipinski definition) is 1. The van der Waals surface area contributed by atoms with E-state index in [0.29, 0.717) is 6.61 Å². The summed E-state index contributed by atoms with van der Waals surface area (Å²) in [6.45, 7) is 2.07. The number of aromatic amines is 1. The summed E-state index contributed by atoms with van der Waals surface area (Å²) in [5, 5.41) is 0. The molecule has 18 heavy (non-hydrogen) atoms. The highest BCUT2D eigenvalue weighted by molar-refractivity contribution is 5.86. The van der Waals surface area contributed by atoms with Gasteiger partial charge in [-0.1, -0.05) is 12.1 Å². The second-order valence-electron chi connectivity index (χ2n) is 3.57. The summed E-state index contributed by atoms with van der Waals surface area (Å²) >= 11 is 0. The SMILES string of the molecule is CCOC(=O)c1ncc(-c2ccccc2OC)[nH]1. The van der Waals surface area contributed by atoms with Gasteiger partial charge in [0.15, 0.2) is 0 Å². The Morgan fingerprint density at radius 3 is 2.89 bits per heavy atom. The summed E-state index contributed by atoms with van der Waals surface area (Å²) in [4.78, 5) is 18.4. The van der Waals surface area contributed by atoms with Crippen LogP contribution >= 0.6 is 0 Å². The molecule has 2 aromatic rings. The van der Waals surface area contributed by atoms with Crippen molar-refractivity contribution in [1.82, 2.24) is 9.97 Å². The van der Waals surface area contributed by atoms with Gasteiger partial charge in [-0.2, -0.15) is 0 Å². The summed E-state index contributed by atoms with van der Waals surface area (Å²) in [6, 6.07) is 7.51. The van der Waals surface area contributed by atoms with Crippen LogP contribution in [0, 0.1) is 0 Å². The summed E-state index contributed by atoms with van der Waals surface area (Å²) in [5.41, 5.74) is 1.57. The van der Waals surface area contributed by atoms with Crippen LogP contribution in [0.15, 0.2) is 30.5 Å². The van der Waals surface area contributed by atoms with Gasteiger partial charge in [0.05, 0.1) is 25.6 Å². The Balaban J connectivity index is 2.32. The smallest absolute Gasteiger partial charge is 0.374 e. The van der Waals surface area contributed by atoms with E-state index in [1.165, 1.54) is 0 Å². The number of methoxy groups -OCH3 is 1. The number of rotatable bonds is 4. The molecule has 0 fully saturated rings. The van der Waals surface area contributed by atoms with Crippen molar-refractivity contribution in [2.24, 2.45) is 0 Å². The van der Waals surface area contributed by atoms with Gasteiger partial charge in [-0.25, -0.2) is 9.78 Å². The molecule has 1 aromatic carbocycles. The lowest BCUT2D eigenvalue weighted by atomic mass is 10.1. The minimum Gasteiger partial charge on any atom is -0.496 e. The van der Waals surface area contributed by atoms with Gasteiger partial charge >= 0.3 is 5.97 Å². The molecular weight excluding hydrogens is 232 g/mol. The third-order valence-electron chi connectivity index (χ3n) is 2.44. The molecule has 0 bridgehead atoms. The summed E-state index contributed by atoms with van der Waals surface area (Å²) < 4.78 is 10.1. The van der Waals surface area contributed by atoms with E-state index in [1.54, 1.807) is 20.2 Å². The van der Waals surface area contributed by atoms with Crippen LogP contribution in [0.1, 0.15) is 17.5 Å². The lowest BCUT2D eigenvalue weighted by Crippen LogP contribution is -2.06. The van der Waals surface area contributed by atoms with Crippen LogP contribution in [-0.2, 0) is 4.74 Å². The van der Waals surface area contributed by atoms with Gasteiger partial charge in [-0.15, -0.1) is 0 Å². The standard InChI is InChI=1S/C13H14N2O3/c1-3-18-13(16)12-14-8-10(15-12)9-6-4-5-7-11(9)17-2/h4-8H,3H2,1-2H3,(H,14,15). The van der Waals surface area contributed by atoms with Crippen molar-refractivity contribution < 1.29 is 14.3 Å². The first-order valence-corrected chi connectivity index (χ1v) is 5.61. The van der Waals surface area contributed by atoms with Crippen molar-refractivity contribution >= 4 is 5.97 Å². The first-order chi connectivity index (χ1) is 8.76. The maximum absolute atomic E-state index is 11.5. The van der Waals surface area contributed by atoms with Crippen LogP contribution in [0.25, 0.3) is 11.3 Å². The molecule has 0 saturated carbocycles. The molecule has 0 unspecified atom stereocenters. The Hall–Kier alpha value is -2.30. The molecule has 5 nitrogen and oxygen atoms in total. The Morgan fingerprint density at radius 1 is 1.39 bits per heavy atom. The maximum Gasteiger partial charge on any atom is 0.374 e. The largest absolute Gasteiger partial charge is 0.496 e. The Morgan fingerprint density at radius 2 is 2.17 bits per heavy atom. The fourth-order valence-corrected chi connectivity index (χ4v) is 1.63. The highest BCUT2D eigenvalue weighted by Crippen LogP contribution is 2.27. The minimum absolute atomic E-state index is 0.192. The number of carbonyl (C=O) groups is 1. The van der Waals surface area contributed by atoms with Crippen LogP contribution in [0.3, 0.4) is 0 Å².